The van der Waals surface area contributed by atoms with E-state index in [0.717, 1.165) is 15.4 Å². The maximum atomic E-state index is 12.3. The van der Waals surface area contributed by atoms with E-state index in [2.05, 4.69) is 0 Å². The van der Waals surface area contributed by atoms with Gasteiger partial charge in [-0.1, -0.05) is 11.6 Å². The molecule has 24 heavy (non-hydrogen) atoms. The number of fused-ring (bicyclic) bond motifs is 1. The average Bonchev–Trinajstić information content (AvgIpc) is 2.75. The van der Waals surface area contributed by atoms with Gasteiger partial charge < -0.3 is 14.7 Å². The largest absolute Gasteiger partial charge is 0.480 e. The fraction of sp³-hybridized carbons (Fsp3) is 0.375. The number of ether oxygens (including phenoxy) is 1. The third-order valence-corrected chi connectivity index (χ3v) is 3.66. The molecule has 1 heterocycles. The summed E-state index contributed by atoms with van der Waals surface area (Å²) in [6, 6.07) is 4.86. The Hall–Kier alpha value is -2.74. The summed E-state index contributed by atoms with van der Waals surface area (Å²) in [6.45, 7) is 0.988. The molecule has 1 aromatic carbocycles. The summed E-state index contributed by atoms with van der Waals surface area (Å²) >= 11 is 0. The molecule has 8 nitrogen and oxygen atoms in total. The second-order valence-electron chi connectivity index (χ2n) is 5.45. The van der Waals surface area contributed by atoms with E-state index >= 15 is 0 Å². The van der Waals surface area contributed by atoms with Crippen LogP contribution >= 0.6 is 0 Å². The van der Waals surface area contributed by atoms with Crippen LogP contribution in [0.5, 0.6) is 0 Å². The summed E-state index contributed by atoms with van der Waals surface area (Å²) in [4.78, 5) is 49.7. The van der Waals surface area contributed by atoms with Crippen LogP contribution in [0.25, 0.3) is 0 Å². The van der Waals surface area contributed by atoms with Crippen LogP contribution in [-0.2, 0) is 14.3 Å². The number of carbonyl (C=O) groups is 4. The number of aryl methyl sites for hydroxylation is 1. The van der Waals surface area contributed by atoms with Gasteiger partial charge in [0.05, 0.1) is 17.7 Å². The number of aliphatic carboxylic acids is 1. The van der Waals surface area contributed by atoms with E-state index in [-0.39, 0.29) is 24.3 Å². The SMILES string of the molecule is COCCN(CC(=O)O)C(=O)CN1C(=O)c2ccc(C)cc2C1=O. The van der Waals surface area contributed by atoms with Gasteiger partial charge in [0.15, 0.2) is 0 Å². The second-order valence-corrected chi connectivity index (χ2v) is 5.45. The molecular weight excluding hydrogens is 316 g/mol. The third kappa shape index (κ3) is 3.60. The predicted octanol–water partition coefficient (Wildman–Crippen LogP) is 0.151. The van der Waals surface area contributed by atoms with Crippen LogP contribution in [0.1, 0.15) is 26.3 Å². The number of carboxylic acid groups (broad SMARTS) is 1. The molecule has 0 spiro atoms. The van der Waals surface area contributed by atoms with E-state index in [1.165, 1.54) is 7.11 Å². The van der Waals surface area contributed by atoms with E-state index < -0.39 is 36.8 Å². The van der Waals surface area contributed by atoms with Crippen molar-refractivity contribution in [2.75, 3.05) is 33.4 Å². The Morgan fingerprint density at radius 2 is 1.88 bits per heavy atom. The molecule has 2 rings (SSSR count). The van der Waals surface area contributed by atoms with Crippen molar-refractivity contribution in [1.29, 1.82) is 0 Å². The number of amides is 3. The van der Waals surface area contributed by atoms with Crippen molar-refractivity contribution < 1.29 is 29.0 Å². The van der Waals surface area contributed by atoms with Crippen LogP contribution < -0.4 is 0 Å². The number of imide groups is 1. The molecule has 0 unspecified atom stereocenters. The first-order valence-electron chi connectivity index (χ1n) is 7.30. The lowest BCUT2D eigenvalue weighted by atomic mass is 10.1. The van der Waals surface area contributed by atoms with Crippen molar-refractivity contribution in [3.63, 3.8) is 0 Å². The van der Waals surface area contributed by atoms with E-state index in [9.17, 15) is 19.2 Å². The summed E-state index contributed by atoms with van der Waals surface area (Å²) in [5.41, 5.74) is 1.34. The van der Waals surface area contributed by atoms with Crippen LogP contribution in [0, 0.1) is 6.92 Å². The predicted molar refractivity (Wildman–Crippen MR) is 82.6 cm³/mol. The molecule has 0 aromatic heterocycles. The molecular formula is C16H18N2O6. The second kappa shape index (κ2) is 7.22. The molecule has 8 heteroatoms. The number of benzene rings is 1. The molecule has 0 saturated carbocycles. The smallest absolute Gasteiger partial charge is 0.323 e. The molecule has 1 N–H and O–H groups in total. The fourth-order valence-electron chi connectivity index (χ4n) is 2.44. The zero-order valence-corrected chi connectivity index (χ0v) is 13.4. The number of carbonyl (C=O) groups excluding carboxylic acids is 3. The summed E-state index contributed by atoms with van der Waals surface area (Å²) in [5.74, 6) is -2.91. The lowest BCUT2D eigenvalue weighted by Crippen LogP contribution is -2.45. The monoisotopic (exact) mass is 334 g/mol. The zero-order valence-electron chi connectivity index (χ0n) is 13.4. The van der Waals surface area contributed by atoms with E-state index in [0.29, 0.717) is 0 Å². The Kier molecular flexibility index (Phi) is 5.30. The molecule has 0 aliphatic carbocycles. The van der Waals surface area contributed by atoms with Crippen LogP contribution in [-0.4, -0.2) is 71.9 Å². The van der Waals surface area contributed by atoms with Crippen molar-refractivity contribution in [2.45, 2.75) is 6.92 Å². The molecule has 1 aliphatic heterocycles. The van der Waals surface area contributed by atoms with Crippen molar-refractivity contribution >= 4 is 23.7 Å². The molecule has 0 radical (unpaired) electrons. The minimum absolute atomic E-state index is 0.0594. The minimum atomic E-state index is -1.18. The van der Waals surface area contributed by atoms with E-state index in [1.54, 1.807) is 25.1 Å². The Bertz CT molecular complexity index is 700. The molecule has 128 valence electrons. The molecule has 1 aliphatic rings. The van der Waals surface area contributed by atoms with Gasteiger partial charge in [0, 0.05) is 13.7 Å². The fourth-order valence-corrected chi connectivity index (χ4v) is 2.44. The van der Waals surface area contributed by atoms with Gasteiger partial charge in [0.25, 0.3) is 11.8 Å². The van der Waals surface area contributed by atoms with Gasteiger partial charge in [-0.2, -0.15) is 0 Å². The summed E-state index contributed by atoms with van der Waals surface area (Å²) in [5, 5.41) is 8.89. The van der Waals surface area contributed by atoms with Crippen molar-refractivity contribution in [1.82, 2.24) is 9.80 Å². The number of rotatable bonds is 7. The van der Waals surface area contributed by atoms with E-state index in [1.807, 2.05) is 0 Å². The standard InChI is InChI=1S/C16H18N2O6/c1-10-3-4-11-12(7-10)16(23)18(15(11)22)8-13(19)17(5-6-24-2)9-14(20)21/h3-4,7H,5-6,8-9H2,1-2H3,(H,20,21). The first kappa shape index (κ1) is 17.6. The zero-order chi connectivity index (χ0) is 17.9. The minimum Gasteiger partial charge on any atom is -0.480 e. The number of hydrogen-bond acceptors (Lipinski definition) is 5. The highest BCUT2D eigenvalue weighted by Crippen LogP contribution is 2.23. The highest BCUT2D eigenvalue weighted by molar-refractivity contribution is 6.22. The number of nitrogens with zero attached hydrogens (tertiary/aromatic N) is 2. The molecule has 0 fully saturated rings. The first-order valence-corrected chi connectivity index (χ1v) is 7.30. The maximum absolute atomic E-state index is 12.3. The Morgan fingerprint density at radius 3 is 2.50 bits per heavy atom. The van der Waals surface area contributed by atoms with Crippen molar-refractivity contribution in [3.05, 3.63) is 34.9 Å². The number of methoxy groups -OCH3 is 1. The van der Waals surface area contributed by atoms with Crippen molar-refractivity contribution in [2.24, 2.45) is 0 Å². The van der Waals surface area contributed by atoms with Gasteiger partial charge in [0.2, 0.25) is 5.91 Å². The number of carboxylic acids is 1. The van der Waals surface area contributed by atoms with Gasteiger partial charge in [0.1, 0.15) is 13.1 Å². The Balaban J connectivity index is 2.15. The maximum Gasteiger partial charge on any atom is 0.323 e. The molecule has 1 aromatic rings. The van der Waals surface area contributed by atoms with E-state index in [4.69, 9.17) is 9.84 Å². The van der Waals surface area contributed by atoms with Crippen molar-refractivity contribution in [3.8, 4) is 0 Å². The molecule has 0 bridgehead atoms. The third-order valence-electron chi connectivity index (χ3n) is 3.66. The Morgan fingerprint density at radius 1 is 1.21 bits per heavy atom. The van der Waals surface area contributed by atoms with Gasteiger partial charge in [-0.15, -0.1) is 0 Å². The summed E-state index contributed by atoms with van der Waals surface area (Å²) in [7, 11) is 1.43. The van der Waals surface area contributed by atoms with Gasteiger partial charge in [-0.3, -0.25) is 24.1 Å². The lowest BCUT2D eigenvalue weighted by molar-refractivity contribution is -0.144. The topological polar surface area (TPSA) is 104 Å². The summed E-state index contributed by atoms with van der Waals surface area (Å²) < 4.78 is 4.85. The van der Waals surface area contributed by atoms with Gasteiger partial charge in [-0.05, 0) is 19.1 Å². The molecule has 3 amide bonds. The lowest BCUT2D eigenvalue weighted by Gasteiger charge is -2.22. The highest BCUT2D eigenvalue weighted by Gasteiger charge is 2.37. The van der Waals surface area contributed by atoms with Gasteiger partial charge >= 0.3 is 5.97 Å². The van der Waals surface area contributed by atoms with Crippen LogP contribution in [0.15, 0.2) is 18.2 Å². The van der Waals surface area contributed by atoms with Crippen LogP contribution in [0.4, 0.5) is 0 Å². The average molecular weight is 334 g/mol. The summed E-state index contributed by atoms with van der Waals surface area (Å²) in [6.07, 6.45) is 0. The number of hydrogen-bond donors (Lipinski definition) is 1. The highest BCUT2D eigenvalue weighted by atomic mass is 16.5. The molecule has 0 atom stereocenters. The normalized spacial score (nSPS) is 13.2. The quantitative estimate of drug-likeness (QED) is 0.712. The van der Waals surface area contributed by atoms with Crippen LogP contribution in [0.3, 0.4) is 0 Å². The first-order chi connectivity index (χ1) is 11.3. The Labute approximate surface area is 138 Å². The molecule has 0 saturated heterocycles. The van der Waals surface area contributed by atoms with Gasteiger partial charge in [-0.25, -0.2) is 0 Å². The van der Waals surface area contributed by atoms with Crippen LogP contribution in [0.2, 0.25) is 0 Å².